The quantitative estimate of drug-likeness (QED) is 0.482. The Morgan fingerprint density at radius 1 is 1.14 bits per heavy atom. The van der Waals surface area contributed by atoms with E-state index in [4.69, 9.17) is 11.1 Å². The molecule has 0 amide bonds. The summed E-state index contributed by atoms with van der Waals surface area (Å²) in [5, 5.41) is 16.4. The van der Waals surface area contributed by atoms with Gasteiger partial charge in [0.1, 0.15) is 11.4 Å². The number of aromatic nitrogens is 4. The molecule has 0 unspecified atom stereocenters. The van der Waals surface area contributed by atoms with Gasteiger partial charge in [-0.15, -0.1) is 18.3 Å². The maximum absolute atomic E-state index is 12.4. The van der Waals surface area contributed by atoms with E-state index >= 15 is 0 Å². The zero-order valence-corrected chi connectivity index (χ0v) is 15.7. The zero-order chi connectivity index (χ0) is 20.6. The molecule has 7 nitrogen and oxygen atoms in total. The van der Waals surface area contributed by atoms with Crippen LogP contribution in [-0.2, 0) is 13.1 Å². The second-order valence-corrected chi connectivity index (χ2v) is 7.22. The number of alkyl halides is 3. The number of nitrogens with one attached hydrogen (secondary N) is 1. The summed E-state index contributed by atoms with van der Waals surface area (Å²) in [5.41, 5.74) is 8.64. The van der Waals surface area contributed by atoms with Crippen LogP contribution in [0.2, 0.25) is 0 Å². The van der Waals surface area contributed by atoms with Gasteiger partial charge < -0.3 is 15.0 Å². The first-order valence-corrected chi connectivity index (χ1v) is 9.30. The van der Waals surface area contributed by atoms with E-state index in [2.05, 4.69) is 15.0 Å². The molecule has 0 saturated heterocycles. The van der Waals surface area contributed by atoms with Crippen LogP contribution in [0.5, 0.6) is 5.75 Å². The number of nitrogens with zero attached hydrogens (tertiary/aromatic N) is 4. The van der Waals surface area contributed by atoms with Crippen molar-refractivity contribution in [1.82, 2.24) is 19.6 Å². The van der Waals surface area contributed by atoms with Gasteiger partial charge in [0.15, 0.2) is 4.80 Å². The van der Waals surface area contributed by atoms with Crippen molar-refractivity contribution in [2.24, 2.45) is 0 Å². The van der Waals surface area contributed by atoms with Gasteiger partial charge in [-0.1, -0.05) is 34.7 Å². The molecule has 0 aliphatic heterocycles. The van der Waals surface area contributed by atoms with Crippen LogP contribution in [0.3, 0.4) is 0 Å². The van der Waals surface area contributed by atoms with Gasteiger partial charge in [-0.2, -0.15) is 0 Å². The van der Waals surface area contributed by atoms with Gasteiger partial charge in [0.05, 0.1) is 23.0 Å². The average Bonchev–Trinajstić information content (AvgIpc) is 3.22. The first kappa shape index (κ1) is 19.0. The molecule has 4 aromatic rings. The molecule has 4 rings (SSSR count). The van der Waals surface area contributed by atoms with Crippen molar-refractivity contribution in [1.29, 1.82) is 5.41 Å². The van der Waals surface area contributed by atoms with Crippen LogP contribution in [0.25, 0.3) is 21.5 Å². The van der Waals surface area contributed by atoms with Crippen LogP contribution in [0.1, 0.15) is 0 Å². The van der Waals surface area contributed by atoms with Crippen LogP contribution >= 0.6 is 11.3 Å². The highest BCUT2D eigenvalue weighted by molar-refractivity contribution is 7.16. The largest absolute Gasteiger partial charge is 0.573 e. The molecule has 2 heterocycles. The second kappa shape index (κ2) is 7.24. The summed E-state index contributed by atoms with van der Waals surface area (Å²) in [5.74, 6) is -0.306. The van der Waals surface area contributed by atoms with Crippen molar-refractivity contribution in [3.63, 3.8) is 0 Å². The molecular formula is C18H15F3N6OS. The summed E-state index contributed by atoms with van der Waals surface area (Å²) in [6.45, 7) is 0.842. The number of para-hydroxylation sites is 1. The van der Waals surface area contributed by atoms with E-state index in [1.807, 2.05) is 18.2 Å². The predicted molar refractivity (Wildman–Crippen MR) is 102 cm³/mol. The molecule has 0 radical (unpaired) electrons. The Hall–Kier alpha value is -3.34. The highest BCUT2D eigenvalue weighted by Crippen LogP contribution is 2.28. The Morgan fingerprint density at radius 2 is 1.93 bits per heavy atom. The molecule has 0 atom stereocenters. The molecule has 0 saturated carbocycles. The van der Waals surface area contributed by atoms with Gasteiger partial charge in [-0.05, 0) is 24.3 Å². The van der Waals surface area contributed by atoms with Crippen molar-refractivity contribution in [2.75, 3.05) is 5.73 Å². The first-order chi connectivity index (χ1) is 13.8. The minimum Gasteiger partial charge on any atom is -0.406 e. The maximum atomic E-state index is 12.4. The van der Waals surface area contributed by atoms with Gasteiger partial charge in [-0.25, -0.2) is 0 Å². The third kappa shape index (κ3) is 4.09. The maximum Gasteiger partial charge on any atom is 0.573 e. The highest BCUT2D eigenvalue weighted by Gasteiger charge is 2.31. The number of anilines is 1. The van der Waals surface area contributed by atoms with E-state index in [0.717, 1.165) is 16.9 Å². The fourth-order valence-corrected chi connectivity index (χ4v) is 3.92. The van der Waals surface area contributed by atoms with Crippen molar-refractivity contribution in [2.45, 2.75) is 19.5 Å². The molecule has 0 aliphatic rings. The standard InChI is InChI=1S/C18H15F3N6OS/c19-18(20,21)28-11-5-6-15-16(9-11)29-17(23)27(15)8-7-26-10-14(24-25-26)12-3-1-2-4-13(12)22/h1-6,9-10,23H,7-8,22H2. The summed E-state index contributed by atoms with van der Waals surface area (Å²) >= 11 is 1.08. The van der Waals surface area contributed by atoms with Crippen LogP contribution in [0.4, 0.5) is 18.9 Å². The number of thiazole rings is 1. The summed E-state index contributed by atoms with van der Waals surface area (Å²) < 4.78 is 45.0. The van der Waals surface area contributed by atoms with Crippen molar-refractivity contribution >= 4 is 27.2 Å². The Labute approximate surface area is 166 Å². The summed E-state index contributed by atoms with van der Waals surface area (Å²) in [6.07, 6.45) is -2.99. The monoisotopic (exact) mass is 420 g/mol. The van der Waals surface area contributed by atoms with Crippen LogP contribution < -0.4 is 15.3 Å². The van der Waals surface area contributed by atoms with Crippen LogP contribution in [-0.4, -0.2) is 25.9 Å². The molecule has 2 aromatic carbocycles. The number of nitrogen functional groups attached to an aromatic ring is 1. The molecule has 3 N–H and O–H groups in total. The lowest BCUT2D eigenvalue weighted by Crippen LogP contribution is -2.17. The number of nitrogens with two attached hydrogens (primary N) is 1. The predicted octanol–water partition coefficient (Wildman–Crippen LogP) is 3.62. The lowest BCUT2D eigenvalue weighted by atomic mass is 10.1. The Kier molecular flexibility index (Phi) is 4.74. The number of benzene rings is 2. The van der Waals surface area contributed by atoms with Gasteiger partial charge in [-0.3, -0.25) is 10.1 Å². The van der Waals surface area contributed by atoms with Gasteiger partial charge >= 0.3 is 6.36 Å². The minimum atomic E-state index is -4.75. The number of hydrogen-bond donors (Lipinski definition) is 2. The van der Waals surface area contributed by atoms with Crippen LogP contribution in [0, 0.1) is 5.41 Å². The Bertz CT molecular complexity index is 1230. The number of ether oxygens (including phenoxy) is 1. The second-order valence-electron chi connectivity index (χ2n) is 6.19. The van der Waals surface area contributed by atoms with Crippen molar-refractivity contribution in [3.05, 3.63) is 53.5 Å². The number of fused-ring (bicyclic) bond motifs is 1. The molecule has 0 fully saturated rings. The number of halogens is 3. The van der Waals surface area contributed by atoms with Gasteiger partial charge in [0, 0.05) is 17.8 Å². The van der Waals surface area contributed by atoms with Gasteiger partial charge in [0.25, 0.3) is 0 Å². The molecule has 11 heteroatoms. The lowest BCUT2D eigenvalue weighted by molar-refractivity contribution is -0.274. The normalized spacial score (nSPS) is 11.8. The SMILES string of the molecule is N=c1sc2cc(OC(F)(F)F)ccc2n1CCn1cc(-c2ccccc2N)nn1. The summed E-state index contributed by atoms with van der Waals surface area (Å²) in [7, 11) is 0. The average molecular weight is 420 g/mol. The molecule has 0 aliphatic carbocycles. The van der Waals surface area contributed by atoms with Crippen molar-refractivity contribution in [3.8, 4) is 17.0 Å². The molecule has 150 valence electrons. The Balaban J connectivity index is 1.54. The first-order valence-electron chi connectivity index (χ1n) is 8.49. The van der Waals surface area contributed by atoms with E-state index in [9.17, 15) is 13.2 Å². The molecule has 0 bridgehead atoms. The lowest BCUT2D eigenvalue weighted by Gasteiger charge is -2.09. The highest BCUT2D eigenvalue weighted by atomic mass is 32.1. The Morgan fingerprint density at radius 3 is 2.69 bits per heavy atom. The zero-order valence-electron chi connectivity index (χ0n) is 14.8. The van der Waals surface area contributed by atoms with Gasteiger partial charge in [0.2, 0.25) is 0 Å². The van der Waals surface area contributed by atoms with E-state index in [-0.39, 0.29) is 10.6 Å². The van der Waals surface area contributed by atoms with E-state index in [1.165, 1.54) is 18.2 Å². The fraction of sp³-hybridized carbons (Fsp3) is 0.167. The third-order valence-corrected chi connectivity index (χ3v) is 5.20. The molecule has 2 aromatic heterocycles. The number of aryl methyl sites for hydroxylation is 2. The summed E-state index contributed by atoms with van der Waals surface area (Å²) in [6, 6.07) is 11.4. The van der Waals surface area contributed by atoms with Crippen molar-refractivity contribution < 1.29 is 17.9 Å². The smallest absolute Gasteiger partial charge is 0.406 e. The van der Waals surface area contributed by atoms with E-state index in [0.29, 0.717) is 34.7 Å². The molecule has 29 heavy (non-hydrogen) atoms. The van der Waals surface area contributed by atoms with E-state index in [1.54, 1.807) is 21.5 Å². The van der Waals surface area contributed by atoms with Crippen LogP contribution in [0.15, 0.2) is 48.7 Å². The molecule has 0 spiro atoms. The number of hydrogen-bond acceptors (Lipinski definition) is 6. The topological polar surface area (TPSA) is 94.7 Å². The van der Waals surface area contributed by atoms with E-state index < -0.39 is 6.36 Å². The third-order valence-electron chi connectivity index (χ3n) is 4.24. The minimum absolute atomic E-state index is 0.219. The molecular weight excluding hydrogens is 405 g/mol. The summed E-state index contributed by atoms with van der Waals surface area (Å²) in [4.78, 5) is 0.219. The fourth-order valence-electron chi connectivity index (χ4n) is 2.95. The number of rotatable bonds is 5.